The number of hydrogen-bond acceptors (Lipinski definition) is 4. The largest absolute Gasteiger partial charge is 0.360 e. The van der Waals surface area contributed by atoms with E-state index in [0.29, 0.717) is 5.54 Å². The maximum Gasteiger partial charge on any atom is 0.151 e. The maximum atomic E-state index is 5.42. The van der Waals surface area contributed by atoms with Crippen LogP contribution in [0.25, 0.3) is 0 Å². The van der Waals surface area contributed by atoms with Gasteiger partial charge in [0, 0.05) is 18.2 Å². The molecule has 0 aliphatic carbocycles. The van der Waals surface area contributed by atoms with Gasteiger partial charge in [0.15, 0.2) is 5.76 Å². The first kappa shape index (κ1) is 13.6. The molecule has 0 saturated carbocycles. The minimum absolute atomic E-state index is 0.299. The fourth-order valence-electron chi connectivity index (χ4n) is 2.55. The predicted octanol–water partition coefficient (Wildman–Crippen LogP) is 2.55. The maximum absolute atomic E-state index is 5.42. The summed E-state index contributed by atoms with van der Waals surface area (Å²) < 4.78 is 5.42. The highest BCUT2D eigenvalue weighted by molar-refractivity contribution is 5.06. The predicted molar refractivity (Wildman–Crippen MR) is 72.2 cm³/mol. The second-order valence-corrected chi connectivity index (χ2v) is 5.80. The van der Waals surface area contributed by atoms with Crippen LogP contribution >= 0.6 is 0 Å². The van der Waals surface area contributed by atoms with E-state index in [4.69, 9.17) is 4.52 Å². The number of hydrogen-bond donors (Lipinski definition) is 1. The Bertz CT molecular complexity index is 373. The molecular formula is C14H25N3O. The van der Waals surface area contributed by atoms with Gasteiger partial charge < -0.3 is 9.84 Å². The second kappa shape index (κ2) is 5.85. The van der Waals surface area contributed by atoms with E-state index < -0.39 is 0 Å². The minimum atomic E-state index is 0.299. The van der Waals surface area contributed by atoms with Crippen molar-refractivity contribution >= 4 is 0 Å². The van der Waals surface area contributed by atoms with Crippen molar-refractivity contribution in [1.29, 1.82) is 0 Å². The molecule has 1 aromatic heterocycles. The van der Waals surface area contributed by atoms with Crippen LogP contribution in [0.1, 0.15) is 51.5 Å². The van der Waals surface area contributed by atoms with Crippen molar-refractivity contribution in [2.75, 3.05) is 13.1 Å². The van der Waals surface area contributed by atoms with Gasteiger partial charge in [0.25, 0.3) is 0 Å². The molecule has 1 N–H and O–H groups in total. The summed E-state index contributed by atoms with van der Waals surface area (Å²) in [6, 6.07) is 2.08. The van der Waals surface area contributed by atoms with E-state index in [1.165, 1.54) is 12.8 Å². The van der Waals surface area contributed by atoms with Crippen LogP contribution in [0.2, 0.25) is 0 Å². The Morgan fingerprint density at radius 1 is 1.50 bits per heavy atom. The summed E-state index contributed by atoms with van der Waals surface area (Å²) in [4.78, 5) is 2.48. The standard InChI is InChI=1S/C14H25N3O/c1-4-7-15-10-12-9-13(18-16-12)11-17-8-5-6-14(17,2)3/h9,15H,4-8,10-11H2,1-3H3. The van der Waals surface area contributed by atoms with Crippen molar-refractivity contribution in [3.8, 4) is 0 Å². The molecule has 18 heavy (non-hydrogen) atoms. The summed E-state index contributed by atoms with van der Waals surface area (Å²) in [6.07, 6.45) is 3.70. The van der Waals surface area contributed by atoms with Gasteiger partial charge in [-0.15, -0.1) is 0 Å². The highest BCUT2D eigenvalue weighted by Crippen LogP contribution is 2.29. The van der Waals surface area contributed by atoms with Crippen LogP contribution in [0.3, 0.4) is 0 Å². The summed E-state index contributed by atoms with van der Waals surface area (Å²) in [6.45, 7) is 10.7. The molecule has 0 radical (unpaired) electrons. The van der Waals surface area contributed by atoms with E-state index in [1.807, 2.05) is 0 Å². The van der Waals surface area contributed by atoms with Crippen molar-refractivity contribution < 1.29 is 4.52 Å². The van der Waals surface area contributed by atoms with Crippen LogP contribution in [-0.2, 0) is 13.1 Å². The molecule has 0 aromatic carbocycles. The fourth-order valence-corrected chi connectivity index (χ4v) is 2.55. The van der Waals surface area contributed by atoms with Crippen molar-refractivity contribution in [3.05, 3.63) is 17.5 Å². The Kier molecular flexibility index (Phi) is 4.40. The lowest BCUT2D eigenvalue weighted by atomic mass is 10.0. The quantitative estimate of drug-likeness (QED) is 0.789. The first-order chi connectivity index (χ1) is 8.62. The number of aromatic nitrogens is 1. The molecule has 1 fully saturated rings. The SMILES string of the molecule is CCCNCc1cc(CN2CCCC2(C)C)on1. The molecule has 1 saturated heterocycles. The summed E-state index contributed by atoms with van der Waals surface area (Å²) in [5.74, 6) is 0.985. The lowest BCUT2D eigenvalue weighted by Gasteiger charge is -2.30. The van der Waals surface area contributed by atoms with Crippen LogP contribution in [0.5, 0.6) is 0 Å². The van der Waals surface area contributed by atoms with E-state index in [1.54, 1.807) is 0 Å². The highest BCUT2D eigenvalue weighted by atomic mass is 16.5. The number of nitrogens with one attached hydrogen (secondary N) is 1. The average molecular weight is 251 g/mol. The van der Waals surface area contributed by atoms with Gasteiger partial charge in [-0.25, -0.2) is 0 Å². The van der Waals surface area contributed by atoms with Gasteiger partial charge in [-0.2, -0.15) is 0 Å². The molecule has 1 aliphatic heterocycles. The zero-order valence-electron chi connectivity index (χ0n) is 11.8. The van der Waals surface area contributed by atoms with Gasteiger partial charge in [-0.05, 0) is 46.2 Å². The molecule has 0 spiro atoms. The molecule has 4 nitrogen and oxygen atoms in total. The molecule has 0 unspecified atom stereocenters. The lowest BCUT2D eigenvalue weighted by Crippen LogP contribution is -2.37. The molecule has 2 rings (SSSR count). The number of nitrogens with zero attached hydrogens (tertiary/aromatic N) is 2. The number of likely N-dealkylation sites (tertiary alicyclic amines) is 1. The van der Waals surface area contributed by atoms with Gasteiger partial charge >= 0.3 is 0 Å². The fraction of sp³-hybridized carbons (Fsp3) is 0.786. The van der Waals surface area contributed by atoms with Crippen LogP contribution in [0.4, 0.5) is 0 Å². The Morgan fingerprint density at radius 3 is 3.00 bits per heavy atom. The normalized spacial score (nSPS) is 19.5. The zero-order chi connectivity index (χ0) is 13.0. The Hall–Kier alpha value is -0.870. The first-order valence-electron chi connectivity index (χ1n) is 7.02. The third-order valence-electron chi connectivity index (χ3n) is 3.76. The van der Waals surface area contributed by atoms with Crippen LogP contribution in [-0.4, -0.2) is 28.7 Å². The van der Waals surface area contributed by atoms with E-state index in [2.05, 4.69) is 42.2 Å². The molecular weight excluding hydrogens is 226 g/mol. The summed E-state index contributed by atoms with van der Waals surface area (Å²) >= 11 is 0. The Labute approximate surface area is 110 Å². The van der Waals surface area contributed by atoms with E-state index in [0.717, 1.165) is 44.1 Å². The molecule has 0 bridgehead atoms. The highest BCUT2D eigenvalue weighted by Gasteiger charge is 2.32. The molecule has 0 amide bonds. The Morgan fingerprint density at radius 2 is 2.33 bits per heavy atom. The van der Waals surface area contributed by atoms with E-state index in [9.17, 15) is 0 Å². The summed E-state index contributed by atoms with van der Waals surface area (Å²) in [7, 11) is 0. The molecule has 102 valence electrons. The van der Waals surface area contributed by atoms with Gasteiger partial charge in [-0.1, -0.05) is 12.1 Å². The molecule has 4 heteroatoms. The minimum Gasteiger partial charge on any atom is -0.360 e. The summed E-state index contributed by atoms with van der Waals surface area (Å²) in [5.41, 5.74) is 1.31. The second-order valence-electron chi connectivity index (χ2n) is 5.80. The van der Waals surface area contributed by atoms with Crippen molar-refractivity contribution in [3.63, 3.8) is 0 Å². The molecule has 2 heterocycles. The van der Waals surface area contributed by atoms with Gasteiger partial charge in [-0.3, -0.25) is 4.90 Å². The van der Waals surface area contributed by atoms with Crippen LogP contribution in [0, 0.1) is 0 Å². The van der Waals surface area contributed by atoms with Gasteiger partial charge in [0.05, 0.1) is 12.2 Å². The molecule has 1 aromatic rings. The third-order valence-corrected chi connectivity index (χ3v) is 3.76. The van der Waals surface area contributed by atoms with E-state index in [-0.39, 0.29) is 0 Å². The first-order valence-corrected chi connectivity index (χ1v) is 7.02. The molecule has 1 aliphatic rings. The number of rotatable bonds is 6. The van der Waals surface area contributed by atoms with E-state index >= 15 is 0 Å². The summed E-state index contributed by atoms with van der Waals surface area (Å²) in [5, 5.41) is 7.45. The smallest absolute Gasteiger partial charge is 0.151 e. The van der Waals surface area contributed by atoms with Crippen molar-refractivity contribution in [1.82, 2.24) is 15.4 Å². The van der Waals surface area contributed by atoms with Gasteiger partial charge in [0.1, 0.15) is 0 Å². The van der Waals surface area contributed by atoms with Crippen molar-refractivity contribution in [2.45, 2.75) is 58.7 Å². The van der Waals surface area contributed by atoms with Crippen LogP contribution in [0.15, 0.2) is 10.6 Å². The third kappa shape index (κ3) is 3.33. The zero-order valence-corrected chi connectivity index (χ0v) is 11.8. The molecule has 0 atom stereocenters. The van der Waals surface area contributed by atoms with Gasteiger partial charge in [0.2, 0.25) is 0 Å². The average Bonchev–Trinajstić information content (AvgIpc) is 2.88. The Balaban J connectivity index is 1.86. The topological polar surface area (TPSA) is 41.3 Å². The van der Waals surface area contributed by atoms with Crippen LogP contribution < -0.4 is 5.32 Å². The monoisotopic (exact) mass is 251 g/mol. The lowest BCUT2D eigenvalue weighted by molar-refractivity contribution is 0.149. The van der Waals surface area contributed by atoms with Crippen molar-refractivity contribution in [2.24, 2.45) is 0 Å².